The molecule has 2 aliphatic carbocycles. The van der Waals surface area contributed by atoms with Crippen LogP contribution in [0.4, 0.5) is 0 Å². The zero-order chi connectivity index (χ0) is 16.1. The van der Waals surface area contributed by atoms with Crippen molar-refractivity contribution in [2.45, 2.75) is 64.7 Å². The van der Waals surface area contributed by atoms with E-state index >= 15 is 0 Å². The summed E-state index contributed by atoms with van der Waals surface area (Å²) in [5.74, 6) is 1.28. The molecule has 0 heterocycles. The maximum Gasteiger partial charge on any atom is 0.145 e. The normalized spacial score (nSPS) is 27.6. The van der Waals surface area contributed by atoms with Crippen LogP contribution in [-0.4, -0.2) is 11.4 Å². The average Bonchev–Trinajstić information content (AvgIpc) is 2.48. The van der Waals surface area contributed by atoms with Gasteiger partial charge in [-0.25, -0.2) is 0 Å². The Morgan fingerprint density at radius 1 is 1.32 bits per heavy atom. The van der Waals surface area contributed by atoms with Crippen LogP contribution in [0.1, 0.15) is 69.6 Å². The molecule has 0 aromatic heterocycles. The van der Waals surface area contributed by atoms with Crippen molar-refractivity contribution < 1.29 is 9.90 Å². The Kier molecular flexibility index (Phi) is 3.66. The van der Waals surface area contributed by atoms with Gasteiger partial charge in [-0.2, -0.15) is 0 Å². The second-order valence-corrected chi connectivity index (χ2v) is 7.52. The summed E-state index contributed by atoms with van der Waals surface area (Å²) in [7, 11) is 0. The van der Waals surface area contributed by atoms with Crippen molar-refractivity contribution in [3.05, 3.63) is 40.0 Å². The topological polar surface area (TPSA) is 37.3 Å². The molecule has 0 spiro atoms. The van der Waals surface area contributed by atoms with Crippen molar-refractivity contribution in [2.75, 3.05) is 0 Å². The first-order valence-corrected chi connectivity index (χ1v) is 8.40. The van der Waals surface area contributed by atoms with Gasteiger partial charge >= 0.3 is 0 Å². The molecule has 2 aliphatic rings. The maximum absolute atomic E-state index is 11.3. The standard InChI is InChI=1S/C20H26O2/c1-12(2)15-5-8-18-16(19(15)22)6-7-17-13(3)14(11-21)9-10-20(17,18)4/h5,8,11-12,17,22H,6-7,9-10H2,1-4H3/t17-,20-/m0/s1. The minimum atomic E-state index is 0.0527. The van der Waals surface area contributed by atoms with Crippen LogP contribution in [0.2, 0.25) is 0 Å². The van der Waals surface area contributed by atoms with E-state index in [1.165, 1.54) is 11.1 Å². The van der Waals surface area contributed by atoms with Crippen molar-refractivity contribution in [1.29, 1.82) is 0 Å². The predicted molar refractivity (Wildman–Crippen MR) is 89.4 cm³/mol. The van der Waals surface area contributed by atoms with Crippen molar-refractivity contribution >= 4 is 6.29 Å². The highest BCUT2D eigenvalue weighted by atomic mass is 16.3. The fraction of sp³-hybridized carbons (Fsp3) is 0.550. The molecule has 1 N–H and O–H groups in total. The first kappa shape index (κ1) is 15.3. The van der Waals surface area contributed by atoms with Gasteiger partial charge in [0.25, 0.3) is 0 Å². The lowest BCUT2D eigenvalue weighted by atomic mass is 9.56. The van der Waals surface area contributed by atoms with E-state index in [1.807, 2.05) is 0 Å². The number of phenols is 1. The number of carbonyl (C=O) groups excluding carboxylic acids is 1. The third-order valence-electron chi connectivity index (χ3n) is 6.09. The summed E-state index contributed by atoms with van der Waals surface area (Å²) in [6, 6.07) is 4.33. The highest BCUT2D eigenvalue weighted by Gasteiger charge is 2.44. The Morgan fingerprint density at radius 3 is 2.68 bits per heavy atom. The quantitative estimate of drug-likeness (QED) is 0.807. The highest BCUT2D eigenvalue weighted by Crippen LogP contribution is 2.53. The minimum Gasteiger partial charge on any atom is -0.507 e. The molecule has 22 heavy (non-hydrogen) atoms. The van der Waals surface area contributed by atoms with Gasteiger partial charge in [-0.3, -0.25) is 4.79 Å². The third kappa shape index (κ3) is 2.04. The number of aromatic hydroxyl groups is 1. The molecule has 118 valence electrons. The lowest BCUT2D eigenvalue weighted by Crippen LogP contribution is -2.40. The van der Waals surface area contributed by atoms with Crippen LogP contribution < -0.4 is 0 Å². The van der Waals surface area contributed by atoms with E-state index in [4.69, 9.17) is 0 Å². The first-order valence-electron chi connectivity index (χ1n) is 8.40. The molecule has 0 aliphatic heterocycles. The van der Waals surface area contributed by atoms with Gasteiger partial charge in [0.05, 0.1) is 0 Å². The molecular formula is C20H26O2. The first-order chi connectivity index (χ1) is 10.4. The zero-order valence-electron chi connectivity index (χ0n) is 14.1. The van der Waals surface area contributed by atoms with Gasteiger partial charge in [-0.1, -0.05) is 38.5 Å². The molecule has 0 saturated carbocycles. The summed E-state index contributed by atoms with van der Waals surface area (Å²) in [5.41, 5.74) is 5.81. The predicted octanol–water partition coefficient (Wildman–Crippen LogP) is 4.64. The number of carbonyl (C=O) groups is 1. The lowest BCUT2D eigenvalue weighted by molar-refractivity contribution is -0.105. The second kappa shape index (κ2) is 5.26. The van der Waals surface area contributed by atoms with Gasteiger partial charge in [0.1, 0.15) is 12.0 Å². The fourth-order valence-corrected chi connectivity index (χ4v) is 4.67. The van der Waals surface area contributed by atoms with E-state index < -0.39 is 0 Å². The Labute approximate surface area is 133 Å². The molecule has 0 saturated heterocycles. The maximum atomic E-state index is 11.3. The van der Waals surface area contributed by atoms with Gasteiger partial charge < -0.3 is 5.11 Å². The molecular weight excluding hydrogens is 272 g/mol. The van der Waals surface area contributed by atoms with E-state index in [0.29, 0.717) is 17.6 Å². The molecule has 0 bridgehead atoms. The summed E-state index contributed by atoms with van der Waals surface area (Å²) >= 11 is 0. The van der Waals surface area contributed by atoms with Crippen molar-refractivity contribution in [2.24, 2.45) is 5.92 Å². The second-order valence-electron chi connectivity index (χ2n) is 7.52. The molecule has 3 rings (SSSR count). The number of benzene rings is 1. The van der Waals surface area contributed by atoms with Crippen LogP contribution in [0.5, 0.6) is 5.75 Å². The summed E-state index contributed by atoms with van der Waals surface area (Å²) in [4.78, 5) is 11.3. The molecule has 0 radical (unpaired) electrons. The van der Waals surface area contributed by atoms with E-state index in [9.17, 15) is 9.90 Å². The SMILES string of the molecule is CC1=C(C=O)CC[C@]2(C)c3ccc(C(C)C)c(O)c3CC[C@@H]12. The number of hydrogen-bond acceptors (Lipinski definition) is 2. The molecule has 1 aromatic rings. The van der Waals surface area contributed by atoms with Crippen LogP contribution in [0.3, 0.4) is 0 Å². The Balaban J connectivity index is 2.14. The van der Waals surface area contributed by atoms with Gasteiger partial charge in [0.2, 0.25) is 0 Å². The minimum absolute atomic E-state index is 0.0527. The van der Waals surface area contributed by atoms with Crippen molar-refractivity contribution in [1.82, 2.24) is 0 Å². The Morgan fingerprint density at radius 2 is 2.05 bits per heavy atom. The summed E-state index contributed by atoms with van der Waals surface area (Å²) in [6.45, 7) is 8.69. The number of allylic oxidation sites excluding steroid dienone is 2. The van der Waals surface area contributed by atoms with Crippen LogP contribution in [0.25, 0.3) is 0 Å². The van der Waals surface area contributed by atoms with Crippen molar-refractivity contribution in [3.63, 3.8) is 0 Å². The molecule has 0 fully saturated rings. The molecule has 0 amide bonds. The fourth-order valence-electron chi connectivity index (χ4n) is 4.67. The van der Waals surface area contributed by atoms with Crippen molar-refractivity contribution in [3.8, 4) is 5.75 Å². The summed E-state index contributed by atoms with van der Waals surface area (Å²) < 4.78 is 0. The number of fused-ring (bicyclic) bond motifs is 3. The molecule has 2 nitrogen and oxygen atoms in total. The molecule has 2 atom stereocenters. The summed E-state index contributed by atoms with van der Waals surface area (Å²) in [5, 5.41) is 10.7. The average molecular weight is 298 g/mol. The van der Waals surface area contributed by atoms with E-state index in [1.54, 1.807) is 0 Å². The molecule has 1 aromatic carbocycles. The third-order valence-corrected chi connectivity index (χ3v) is 6.09. The van der Waals surface area contributed by atoms with Crippen LogP contribution >= 0.6 is 0 Å². The van der Waals surface area contributed by atoms with Gasteiger partial charge in [0, 0.05) is 0 Å². The smallest absolute Gasteiger partial charge is 0.145 e. The number of phenolic OH excluding ortho intramolecular Hbond substituents is 1. The molecule has 0 unspecified atom stereocenters. The van der Waals surface area contributed by atoms with Crippen LogP contribution in [0.15, 0.2) is 23.3 Å². The summed E-state index contributed by atoms with van der Waals surface area (Å²) in [6.07, 6.45) is 4.84. The molecule has 2 heteroatoms. The largest absolute Gasteiger partial charge is 0.507 e. The van der Waals surface area contributed by atoms with Gasteiger partial charge in [-0.05, 0) is 72.1 Å². The van der Waals surface area contributed by atoms with Gasteiger partial charge in [-0.15, -0.1) is 0 Å². The van der Waals surface area contributed by atoms with E-state index in [-0.39, 0.29) is 5.41 Å². The number of rotatable bonds is 2. The number of aldehydes is 1. The van der Waals surface area contributed by atoms with E-state index in [0.717, 1.165) is 48.7 Å². The van der Waals surface area contributed by atoms with E-state index in [2.05, 4.69) is 39.8 Å². The van der Waals surface area contributed by atoms with Crippen LogP contribution in [-0.2, 0) is 16.6 Å². The monoisotopic (exact) mass is 298 g/mol. The Hall–Kier alpha value is -1.57. The van der Waals surface area contributed by atoms with Crippen LogP contribution in [0, 0.1) is 5.92 Å². The zero-order valence-corrected chi connectivity index (χ0v) is 14.1. The highest BCUT2D eigenvalue weighted by molar-refractivity contribution is 5.75. The van der Waals surface area contributed by atoms with Gasteiger partial charge in [0.15, 0.2) is 0 Å². The Bertz CT molecular complexity index is 654. The number of hydrogen-bond donors (Lipinski definition) is 1. The lowest BCUT2D eigenvalue weighted by Gasteiger charge is -2.47.